The van der Waals surface area contributed by atoms with Crippen LogP contribution >= 0.6 is 0 Å². The molecule has 0 saturated heterocycles. The first-order chi connectivity index (χ1) is 7.36. The highest BCUT2D eigenvalue weighted by molar-refractivity contribution is 5.02. The van der Waals surface area contributed by atoms with E-state index in [9.17, 15) is 0 Å². The minimum absolute atomic E-state index is 0.950. The van der Waals surface area contributed by atoms with Gasteiger partial charge in [0.1, 0.15) is 0 Å². The summed E-state index contributed by atoms with van der Waals surface area (Å²) >= 11 is 0. The van der Waals surface area contributed by atoms with Gasteiger partial charge in [-0.1, -0.05) is 13.8 Å². The van der Waals surface area contributed by atoms with Crippen LogP contribution in [-0.2, 0) is 6.54 Å². The molecule has 0 bridgehead atoms. The van der Waals surface area contributed by atoms with E-state index in [4.69, 9.17) is 0 Å². The van der Waals surface area contributed by atoms with Crippen molar-refractivity contribution in [3.05, 3.63) is 24.0 Å². The Morgan fingerprint density at radius 2 is 2.13 bits per heavy atom. The molecule has 3 heteroatoms. The smallest absolute Gasteiger partial charge is 0.0357 e. The van der Waals surface area contributed by atoms with Gasteiger partial charge in [-0.15, -0.1) is 0 Å². The summed E-state index contributed by atoms with van der Waals surface area (Å²) < 4.78 is 0. The lowest BCUT2D eigenvalue weighted by Crippen LogP contribution is -2.27. The van der Waals surface area contributed by atoms with E-state index in [1.807, 2.05) is 12.3 Å². The molecule has 0 atom stereocenters. The van der Waals surface area contributed by atoms with Crippen LogP contribution in [0.5, 0.6) is 0 Å². The Morgan fingerprint density at radius 3 is 2.73 bits per heavy atom. The maximum Gasteiger partial charge on any atom is 0.0357 e. The third kappa shape index (κ3) is 5.00. The summed E-state index contributed by atoms with van der Waals surface area (Å²) in [6.07, 6.45) is 3.19. The van der Waals surface area contributed by atoms with Crippen molar-refractivity contribution in [2.24, 2.45) is 0 Å². The van der Waals surface area contributed by atoms with E-state index < -0.39 is 0 Å². The quantitative estimate of drug-likeness (QED) is 0.640. The predicted octanol–water partition coefficient (Wildman–Crippen LogP) is 1.84. The zero-order valence-corrected chi connectivity index (χ0v) is 9.92. The molecular formula is C12H23N3. The Bertz CT molecular complexity index is 227. The molecule has 2 N–H and O–H groups in total. The number of nitrogens with one attached hydrogen (secondary N) is 2. The van der Waals surface area contributed by atoms with Crippen LogP contribution in [0.25, 0.3) is 0 Å². The van der Waals surface area contributed by atoms with E-state index in [-0.39, 0.29) is 0 Å². The van der Waals surface area contributed by atoms with Gasteiger partial charge < -0.3 is 15.2 Å². The van der Waals surface area contributed by atoms with Crippen LogP contribution < -0.4 is 5.32 Å². The number of H-pyrrole nitrogens is 1. The van der Waals surface area contributed by atoms with Gasteiger partial charge in [0.25, 0.3) is 0 Å². The van der Waals surface area contributed by atoms with Crippen LogP contribution in [0, 0.1) is 0 Å². The molecule has 0 spiro atoms. The molecule has 86 valence electrons. The Hall–Kier alpha value is -0.800. The minimum Gasteiger partial charge on any atom is -0.364 e. The molecule has 0 aliphatic carbocycles. The lowest BCUT2D eigenvalue weighted by Gasteiger charge is -2.17. The average molecular weight is 209 g/mol. The van der Waals surface area contributed by atoms with E-state index in [0.717, 1.165) is 26.2 Å². The summed E-state index contributed by atoms with van der Waals surface area (Å²) in [6, 6.07) is 4.14. The number of aromatic amines is 1. The Balaban J connectivity index is 1.97. The maximum absolute atomic E-state index is 3.43. The number of aromatic nitrogens is 1. The van der Waals surface area contributed by atoms with Crippen molar-refractivity contribution >= 4 is 0 Å². The zero-order valence-electron chi connectivity index (χ0n) is 9.92. The van der Waals surface area contributed by atoms with E-state index in [1.54, 1.807) is 0 Å². The molecule has 0 saturated carbocycles. The topological polar surface area (TPSA) is 31.1 Å². The van der Waals surface area contributed by atoms with Crippen molar-refractivity contribution in [2.45, 2.75) is 26.8 Å². The first kappa shape index (κ1) is 12.3. The lowest BCUT2D eigenvalue weighted by molar-refractivity contribution is 0.298. The monoisotopic (exact) mass is 209 g/mol. The molecule has 0 aliphatic rings. The van der Waals surface area contributed by atoms with Crippen LogP contribution in [0.15, 0.2) is 18.3 Å². The van der Waals surface area contributed by atoms with Gasteiger partial charge in [0.15, 0.2) is 0 Å². The highest BCUT2D eigenvalue weighted by atomic mass is 15.1. The van der Waals surface area contributed by atoms with E-state index >= 15 is 0 Å². The molecule has 15 heavy (non-hydrogen) atoms. The van der Waals surface area contributed by atoms with Gasteiger partial charge >= 0.3 is 0 Å². The van der Waals surface area contributed by atoms with Crippen molar-refractivity contribution in [2.75, 3.05) is 26.2 Å². The second kappa shape index (κ2) is 7.49. The van der Waals surface area contributed by atoms with Crippen molar-refractivity contribution < 1.29 is 0 Å². The normalized spacial score (nSPS) is 11.1. The fourth-order valence-electron chi connectivity index (χ4n) is 1.67. The molecule has 1 aromatic heterocycles. The summed E-state index contributed by atoms with van der Waals surface area (Å²) in [5.41, 5.74) is 1.26. The standard InChI is InChI=1S/C12H23N3/c1-3-15(4-2)10-6-8-13-11-12-7-5-9-14-12/h5,7,9,13-14H,3-4,6,8,10-11H2,1-2H3. The van der Waals surface area contributed by atoms with Gasteiger partial charge in [-0.2, -0.15) is 0 Å². The van der Waals surface area contributed by atoms with Gasteiger partial charge in [-0.3, -0.25) is 0 Å². The summed E-state index contributed by atoms with van der Waals surface area (Å²) in [6.45, 7) is 10.00. The fourth-order valence-corrected chi connectivity index (χ4v) is 1.67. The molecule has 1 aromatic rings. The van der Waals surface area contributed by atoms with E-state index in [2.05, 4.69) is 35.1 Å². The predicted molar refractivity (Wildman–Crippen MR) is 64.9 cm³/mol. The molecule has 1 heterocycles. The van der Waals surface area contributed by atoms with Crippen molar-refractivity contribution in [1.29, 1.82) is 0 Å². The summed E-state index contributed by atoms with van der Waals surface area (Å²) in [5, 5.41) is 3.43. The summed E-state index contributed by atoms with van der Waals surface area (Å²) in [5.74, 6) is 0. The van der Waals surface area contributed by atoms with Crippen LogP contribution in [0.2, 0.25) is 0 Å². The van der Waals surface area contributed by atoms with Crippen LogP contribution in [-0.4, -0.2) is 36.1 Å². The molecular weight excluding hydrogens is 186 g/mol. The largest absolute Gasteiger partial charge is 0.364 e. The maximum atomic E-state index is 3.43. The second-order valence-electron chi connectivity index (χ2n) is 3.75. The van der Waals surface area contributed by atoms with E-state index in [0.29, 0.717) is 0 Å². The first-order valence-corrected chi connectivity index (χ1v) is 5.92. The Labute approximate surface area is 92.9 Å². The van der Waals surface area contributed by atoms with Crippen LogP contribution in [0.3, 0.4) is 0 Å². The molecule has 0 aromatic carbocycles. The molecule has 0 radical (unpaired) electrons. The number of rotatable bonds is 8. The van der Waals surface area contributed by atoms with Gasteiger partial charge in [0.05, 0.1) is 0 Å². The summed E-state index contributed by atoms with van der Waals surface area (Å²) in [7, 11) is 0. The number of nitrogens with zero attached hydrogens (tertiary/aromatic N) is 1. The van der Waals surface area contributed by atoms with Gasteiger partial charge in [0.2, 0.25) is 0 Å². The van der Waals surface area contributed by atoms with Crippen LogP contribution in [0.1, 0.15) is 26.0 Å². The number of hydrogen-bond acceptors (Lipinski definition) is 2. The molecule has 0 fully saturated rings. The molecule has 0 amide bonds. The number of hydrogen-bond donors (Lipinski definition) is 2. The SMILES string of the molecule is CCN(CC)CCCNCc1ccc[nH]1. The molecule has 0 aliphatic heterocycles. The molecule has 3 nitrogen and oxygen atoms in total. The van der Waals surface area contributed by atoms with Gasteiger partial charge in [-0.05, 0) is 44.7 Å². The molecule has 1 rings (SSSR count). The second-order valence-corrected chi connectivity index (χ2v) is 3.75. The summed E-state index contributed by atoms with van der Waals surface area (Å²) in [4.78, 5) is 5.64. The average Bonchev–Trinajstić information content (AvgIpc) is 2.76. The zero-order chi connectivity index (χ0) is 10.9. The highest BCUT2D eigenvalue weighted by Crippen LogP contribution is 1.93. The third-order valence-electron chi connectivity index (χ3n) is 2.70. The van der Waals surface area contributed by atoms with Crippen molar-refractivity contribution in [3.63, 3.8) is 0 Å². The van der Waals surface area contributed by atoms with Crippen molar-refractivity contribution in [1.82, 2.24) is 15.2 Å². The highest BCUT2D eigenvalue weighted by Gasteiger charge is 1.97. The first-order valence-electron chi connectivity index (χ1n) is 5.92. The van der Waals surface area contributed by atoms with Gasteiger partial charge in [-0.25, -0.2) is 0 Å². The Kier molecular flexibility index (Phi) is 6.12. The van der Waals surface area contributed by atoms with Crippen LogP contribution in [0.4, 0.5) is 0 Å². The lowest BCUT2D eigenvalue weighted by atomic mass is 10.3. The van der Waals surface area contributed by atoms with Crippen molar-refractivity contribution in [3.8, 4) is 0 Å². The van der Waals surface area contributed by atoms with E-state index in [1.165, 1.54) is 18.7 Å². The molecule has 0 unspecified atom stereocenters. The Morgan fingerprint density at radius 1 is 1.33 bits per heavy atom. The fraction of sp³-hybridized carbons (Fsp3) is 0.667. The minimum atomic E-state index is 0.950. The van der Waals surface area contributed by atoms with Gasteiger partial charge in [0, 0.05) is 18.4 Å². The third-order valence-corrected chi connectivity index (χ3v) is 2.70.